The van der Waals surface area contributed by atoms with Gasteiger partial charge in [0.2, 0.25) is 11.9 Å². The number of hydrogen-bond donors (Lipinski definition) is 3. The summed E-state index contributed by atoms with van der Waals surface area (Å²) >= 11 is 0. The molecule has 0 aliphatic heterocycles. The van der Waals surface area contributed by atoms with Crippen LogP contribution in [0.1, 0.15) is 16.7 Å². The molecule has 4 heterocycles. The van der Waals surface area contributed by atoms with Crippen molar-refractivity contribution in [3.8, 4) is 0 Å². The number of halogens is 1. The van der Waals surface area contributed by atoms with Crippen LogP contribution in [0.5, 0.6) is 0 Å². The molecule has 0 bridgehead atoms. The highest BCUT2D eigenvalue weighted by Crippen LogP contribution is 2.20. The van der Waals surface area contributed by atoms with E-state index in [1.807, 2.05) is 6.20 Å². The van der Waals surface area contributed by atoms with Crippen molar-refractivity contribution in [2.45, 2.75) is 13.0 Å². The Bertz CT molecular complexity index is 1060. The van der Waals surface area contributed by atoms with Crippen LogP contribution >= 0.6 is 0 Å². The Kier molecular flexibility index (Phi) is 4.56. The molecule has 0 radical (unpaired) electrons. The smallest absolute Gasteiger partial charge is 0.222 e. The van der Waals surface area contributed by atoms with Crippen LogP contribution in [0.4, 0.5) is 16.2 Å². The van der Waals surface area contributed by atoms with E-state index < -0.39 is 5.95 Å². The van der Waals surface area contributed by atoms with Crippen molar-refractivity contribution in [1.82, 2.24) is 29.9 Å². The normalized spacial score (nSPS) is 10.9. The number of aromatic nitrogens is 6. The minimum Gasteiger partial charge on any atom is -0.366 e. The van der Waals surface area contributed by atoms with Crippen LogP contribution in [0.15, 0.2) is 43.2 Å². The molecule has 4 aromatic rings. The Morgan fingerprint density at radius 2 is 1.93 bits per heavy atom. The van der Waals surface area contributed by atoms with Gasteiger partial charge in [-0.1, -0.05) is 6.07 Å². The van der Waals surface area contributed by atoms with E-state index in [1.165, 1.54) is 6.33 Å². The Balaban J connectivity index is 1.45. The molecule has 0 saturated heterocycles. The maximum Gasteiger partial charge on any atom is 0.222 e. The van der Waals surface area contributed by atoms with Crippen molar-refractivity contribution in [1.29, 1.82) is 0 Å². The summed E-state index contributed by atoms with van der Waals surface area (Å²) in [4.78, 5) is 23.5. The topological polar surface area (TPSA) is 104 Å². The first-order valence-corrected chi connectivity index (χ1v) is 8.37. The Hall–Kier alpha value is -3.62. The van der Waals surface area contributed by atoms with Gasteiger partial charge in [-0.25, -0.2) is 24.9 Å². The number of nitrogens with zero attached hydrogens (tertiary/aromatic N) is 5. The Morgan fingerprint density at radius 1 is 1.07 bits per heavy atom. The van der Waals surface area contributed by atoms with E-state index in [-0.39, 0.29) is 0 Å². The Morgan fingerprint density at radius 3 is 2.70 bits per heavy atom. The fourth-order valence-electron chi connectivity index (χ4n) is 2.73. The molecular weight excluding hydrogens is 347 g/mol. The van der Waals surface area contributed by atoms with E-state index in [1.54, 1.807) is 37.8 Å². The predicted molar refractivity (Wildman–Crippen MR) is 99.8 cm³/mol. The summed E-state index contributed by atoms with van der Waals surface area (Å²) in [6.07, 6.45) is 8.83. The molecule has 0 aliphatic carbocycles. The highest BCUT2D eigenvalue weighted by Gasteiger charge is 2.10. The molecule has 0 fully saturated rings. The van der Waals surface area contributed by atoms with E-state index >= 15 is 0 Å². The average molecular weight is 364 g/mol. The molecule has 0 aliphatic rings. The fraction of sp³-hybridized carbons (Fsp3) is 0.167. The van der Waals surface area contributed by atoms with Gasteiger partial charge in [0.25, 0.3) is 0 Å². The second-order valence-corrected chi connectivity index (χ2v) is 5.94. The lowest BCUT2D eigenvalue weighted by molar-refractivity contribution is 0.571. The van der Waals surface area contributed by atoms with Crippen LogP contribution in [0.2, 0.25) is 0 Å². The summed E-state index contributed by atoms with van der Waals surface area (Å²) in [5, 5.41) is 6.81. The van der Waals surface area contributed by atoms with Crippen LogP contribution in [-0.4, -0.2) is 37.0 Å². The standard InChI is InChI=1S/C18H17FN8/c1-20-18-24-6-11(7-25-18)5-22-15-3-2-12(16(19)27-15)4-13-8-23-17-14(13)9-21-10-26-17/h2-3,6-10H,4-5H2,1H3,(H,22,27)(H,20,24,25)(H,21,23,26). The van der Waals surface area contributed by atoms with Gasteiger partial charge in [-0.05, 0) is 11.6 Å². The summed E-state index contributed by atoms with van der Waals surface area (Å²) in [6, 6.07) is 3.49. The first-order chi connectivity index (χ1) is 13.2. The van der Waals surface area contributed by atoms with Gasteiger partial charge >= 0.3 is 0 Å². The van der Waals surface area contributed by atoms with Gasteiger partial charge in [-0.2, -0.15) is 4.39 Å². The van der Waals surface area contributed by atoms with Gasteiger partial charge in [0.05, 0.1) is 0 Å². The highest BCUT2D eigenvalue weighted by atomic mass is 19.1. The summed E-state index contributed by atoms with van der Waals surface area (Å²) in [7, 11) is 1.75. The molecule has 136 valence electrons. The molecule has 9 heteroatoms. The number of pyridine rings is 1. The molecular formula is C18H17FN8. The minimum atomic E-state index is -0.506. The van der Waals surface area contributed by atoms with Crippen LogP contribution < -0.4 is 10.6 Å². The van der Waals surface area contributed by atoms with Crippen molar-refractivity contribution in [3.05, 3.63) is 65.9 Å². The third-order valence-electron chi connectivity index (χ3n) is 4.15. The quantitative estimate of drug-likeness (QED) is 0.452. The third kappa shape index (κ3) is 3.66. The molecule has 0 atom stereocenters. The number of aromatic amines is 1. The van der Waals surface area contributed by atoms with Crippen LogP contribution in [0.25, 0.3) is 11.0 Å². The van der Waals surface area contributed by atoms with Gasteiger partial charge in [-0.3, -0.25) is 0 Å². The van der Waals surface area contributed by atoms with E-state index in [9.17, 15) is 4.39 Å². The molecule has 4 aromatic heterocycles. The number of anilines is 2. The van der Waals surface area contributed by atoms with Crippen LogP contribution in [0.3, 0.4) is 0 Å². The maximum absolute atomic E-state index is 14.4. The predicted octanol–water partition coefficient (Wildman–Crippen LogP) is 2.53. The van der Waals surface area contributed by atoms with Gasteiger partial charge in [0.1, 0.15) is 17.8 Å². The lowest BCUT2D eigenvalue weighted by Gasteiger charge is -2.08. The van der Waals surface area contributed by atoms with Crippen molar-refractivity contribution in [3.63, 3.8) is 0 Å². The van der Waals surface area contributed by atoms with E-state index in [0.717, 1.165) is 22.2 Å². The fourth-order valence-corrected chi connectivity index (χ4v) is 2.73. The maximum atomic E-state index is 14.4. The van der Waals surface area contributed by atoms with E-state index in [4.69, 9.17) is 0 Å². The molecule has 0 unspecified atom stereocenters. The lowest BCUT2D eigenvalue weighted by Crippen LogP contribution is -2.05. The second kappa shape index (κ2) is 7.32. The summed E-state index contributed by atoms with van der Waals surface area (Å²) < 4.78 is 14.4. The third-order valence-corrected chi connectivity index (χ3v) is 4.15. The average Bonchev–Trinajstić information content (AvgIpc) is 3.11. The number of hydrogen-bond acceptors (Lipinski definition) is 7. The van der Waals surface area contributed by atoms with Crippen LogP contribution in [-0.2, 0) is 13.0 Å². The van der Waals surface area contributed by atoms with Gasteiger partial charge < -0.3 is 15.6 Å². The van der Waals surface area contributed by atoms with E-state index in [2.05, 4.69) is 40.5 Å². The van der Waals surface area contributed by atoms with Crippen molar-refractivity contribution >= 4 is 22.8 Å². The van der Waals surface area contributed by atoms with Crippen molar-refractivity contribution in [2.75, 3.05) is 17.7 Å². The monoisotopic (exact) mass is 364 g/mol. The molecule has 4 rings (SSSR count). The molecule has 27 heavy (non-hydrogen) atoms. The molecule has 0 aromatic carbocycles. The zero-order valence-electron chi connectivity index (χ0n) is 14.6. The second-order valence-electron chi connectivity index (χ2n) is 5.94. The minimum absolute atomic E-state index is 0.409. The molecule has 0 saturated carbocycles. The molecule has 8 nitrogen and oxygen atoms in total. The summed E-state index contributed by atoms with van der Waals surface area (Å²) in [5.74, 6) is 0.499. The molecule has 0 spiro atoms. The SMILES string of the molecule is CNc1ncc(CNc2ccc(Cc3c[nH]c4ncncc34)c(F)n2)cn1. The number of nitrogens with one attached hydrogen (secondary N) is 3. The van der Waals surface area contributed by atoms with Gasteiger partial charge in [0.15, 0.2) is 0 Å². The van der Waals surface area contributed by atoms with Crippen molar-refractivity contribution < 1.29 is 4.39 Å². The first kappa shape index (κ1) is 16.8. The van der Waals surface area contributed by atoms with E-state index in [0.29, 0.717) is 30.3 Å². The molecule has 0 amide bonds. The zero-order chi connectivity index (χ0) is 18.6. The number of fused-ring (bicyclic) bond motifs is 1. The number of H-pyrrole nitrogens is 1. The van der Waals surface area contributed by atoms with Gasteiger partial charge in [-0.15, -0.1) is 0 Å². The van der Waals surface area contributed by atoms with Gasteiger partial charge in [0, 0.05) is 61.3 Å². The zero-order valence-corrected chi connectivity index (χ0v) is 14.6. The first-order valence-electron chi connectivity index (χ1n) is 8.37. The highest BCUT2D eigenvalue weighted by molar-refractivity contribution is 5.78. The summed E-state index contributed by atoms with van der Waals surface area (Å²) in [6.45, 7) is 0.454. The largest absolute Gasteiger partial charge is 0.366 e. The Labute approximate surface area is 154 Å². The van der Waals surface area contributed by atoms with Crippen molar-refractivity contribution in [2.24, 2.45) is 0 Å². The number of rotatable bonds is 6. The van der Waals surface area contributed by atoms with Crippen LogP contribution in [0, 0.1) is 5.95 Å². The molecule has 3 N–H and O–H groups in total. The lowest BCUT2D eigenvalue weighted by atomic mass is 10.1. The summed E-state index contributed by atoms with van der Waals surface area (Å²) in [5.41, 5.74) is 3.04.